The van der Waals surface area contributed by atoms with E-state index in [1.807, 2.05) is 41.3 Å². The topological polar surface area (TPSA) is 33.2 Å². The van der Waals surface area contributed by atoms with Gasteiger partial charge in [0.05, 0.1) is 5.52 Å². The first-order chi connectivity index (χ1) is 8.78. The van der Waals surface area contributed by atoms with Crippen molar-refractivity contribution in [1.82, 2.24) is 9.88 Å². The Balaban J connectivity index is 1.84. The van der Waals surface area contributed by atoms with Gasteiger partial charge in [0.15, 0.2) is 0 Å². The summed E-state index contributed by atoms with van der Waals surface area (Å²) in [6, 6.07) is 11.6. The highest BCUT2D eigenvalue weighted by Gasteiger charge is 2.30. The van der Waals surface area contributed by atoms with Crippen molar-refractivity contribution >= 4 is 32.7 Å². The van der Waals surface area contributed by atoms with Crippen molar-refractivity contribution in [3.63, 3.8) is 0 Å². The van der Waals surface area contributed by atoms with Crippen LogP contribution in [0.5, 0.6) is 0 Å². The number of hydrogen-bond acceptors (Lipinski definition) is 2. The van der Waals surface area contributed by atoms with Gasteiger partial charge in [-0.25, -0.2) is 4.98 Å². The van der Waals surface area contributed by atoms with Gasteiger partial charge in [-0.15, -0.1) is 0 Å². The maximum atomic E-state index is 12.2. The molecule has 92 valence electrons. The van der Waals surface area contributed by atoms with Gasteiger partial charge in [0.25, 0.3) is 5.91 Å². The zero-order valence-corrected chi connectivity index (χ0v) is 11.4. The van der Waals surface area contributed by atoms with Crippen LogP contribution in [0, 0.1) is 5.92 Å². The number of carbonyl (C=O) groups is 1. The van der Waals surface area contributed by atoms with Crippen molar-refractivity contribution in [3.05, 3.63) is 42.1 Å². The van der Waals surface area contributed by atoms with Crippen LogP contribution in [-0.4, -0.2) is 34.2 Å². The van der Waals surface area contributed by atoms with Crippen molar-refractivity contribution in [2.75, 3.05) is 18.4 Å². The lowest BCUT2D eigenvalue weighted by molar-refractivity contribution is 0.0533. The number of aromatic nitrogens is 1. The molecule has 1 saturated heterocycles. The summed E-state index contributed by atoms with van der Waals surface area (Å²) in [5.41, 5.74) is 1.42. The molecule has 0 N–H and O–H groups in total. The normalized spacial score (nSPS) is 15.7. The van der Waals surface area contributed by atoms with Gasteiger partial charge in [-0.3, -0.25) is 4.79 Å². The molecular weight excluding hydrogens is 292 g/mol. The molecule has 1 aliphatic rings. The van der Waals surface area contributed by atoms with Crippen LogP contribution >= 0.6 is 15.9 Å². The summed E-state index contributed by atoms with van der Waals surface area (Å²) in [5.74, 6) is 0.632. The Morgan fingerprint density at radius 2 is 2.06 bits per heavy atom. The van der Waals surface area contributed by atoms with E-state index in [1.165, 1.54) is 0 Å². The van der Waals surface area contributed by atoms with E-state index in [1.54, 1.807) is 0 Å². The number of pyridine rings is 1. The smallest absolute Gasteiger partial charge is 0.272 e. The average molecular weight is 305 g/mol. The zero-order valence-electron chi connectivity index (χ0n) is 9.84. The van der Waals surface area contributed by atoms with Gasteiger partial charge in [0.2, 0.25) is 0 Å². The van der Waals surface area contributed by atoms with Crippen molar-refractivity contribution < 1.29 is 4.79 Å². The van der Waals surface area contributed by atoms with Gasteiger partial charge >= 0.3 is 0 Å². The molecule has 3 nitrogen and oxygen atoms in total. The molecule has 0 saturated carbocycles. The Morgan fingerprint density at radius 3 is 2.83 bits per heavy atom. The fourth-order valence-electron chi connectivity index (χ4n) is 2.18. The summed E-state index contributed by atoms with van der Waals surface area (Å²) in [7, 11) is 0. The van der Waals surface area contributed by atoms with Crippen molar-refractivity contribution in [2.24, 2.45) is 5.92 Å². The predicted octanol–water partition coefficient (Wildman–Crippen LogP) is 2.70. The Kier molecular flexibility index (Phi) is 3.04. The average Bonchev–Trinajstić information content (AvgIpc) is 2.37. The molecule has 0 atom stereocenters. The Labute approximate surface area is 114 Å². The summed E-state index contributed by atoms with van der Waals surface area (Å²) >= 11 is 3.44. The van der Waals surface area contributed by atoms with Gasteiger partial charge in [0.1, 0.15) is 5.69 Å². The van der Waals surface area contributed by atoms with Gasteiger partial charge in [-0.1, -0.05) is 40.2 Å². The van der Waals surface area contributed by atoms with Crippen molar-refractivity contribution in [3.8, 4) is 0 Å². The standard InChI is InChI=1S/C14H13BrN2O/c15-7-10-8-17(9-10)14(18)13-6-5-11-3-1-2-4-12(11)16-13/h1-6,10H,7-9H2. The van der Waals surface area contributed by atoms with Gasteiger partial charge in [-0.05, 0) is 12.1 Å². The molecule has 3 rings (SSSR count). The van der Waals surface area contributed by atoms with E-state index in [-0.39, 0.29) is 5.91 Å². The van der Waals surface area contributed by atoms with Crippen LogP contribution in [0.3, 0.4) is 0 Å². The highest BCUT2D eigenvalue weighted by molar-refractivity contribution is 9.09. The first kappa shape index (κ1) is 11.7. The van der Waals surface area contributed by atoms with Crippen LogP contribution in [-0.2, 0) is 0 Å². The molecule has 0 bridgehead atoms. The number of benzene rings is 1. The molecule has 1 aliphatic heterocycles. The SMILES string of the molecule is O=C(c1ccc2ccccc2n1)N1CC(CBr)C1. The number of amides is 1. The third kappa shape index (κ3) is 2.01. The molecule has 1 fully saturated rings. The van der Waals surface area contributed by atoms with Crippen LogP contribution in [0.4, 0.5) is 0 Å². The molecule has 2 aromatic rings. The molecule has 1 amide bonds. The molecular formula is C14H13BrN2O. The minimum Gasteiger partial charge on any atom is -0.337 e. The van der Waals surface area contributed by atoms with Crippen LogP contribution in [0.2, 0.25) is 0 Å². The Hall–Kier alpha value is -1.42. The molecule has 18 heavy (non-hydrogen) atoms. The summed E-state index contributed by atoms with van der Waals surface area (Å²) < 4.78 is 0. The monoisotopic (exact) mass is 304 g/mol. The lowest BCUT2D eigenvalue weighted by Crippen LogP contribution is -2.50. The number of fused-ring (bicyclic) bond motifs is 1. The summed E-state index contributed by atoms with van der Waals surface area (Å²) in [6.07, 6.45) is 0. The first-order valence-electron chi connectivity index (χ1n) is 5.99. The lowest BCUT2D eigenvalue weighted by atomic mass is 10.0. The molecule has 0 spiro atoms. The number of alkyl halides is 1. The molecule has 1 aromatic heterocycles. The van der Waals surface area contributed by atoms with Crippen LogP contribution in [0.15, 0.2) is 36.4 Å². The molecule has 0 aliphatic carbocycles. The second-order valence-electron chi connectivity index (χ2n) is 4.62. The molecule has 2 heterocycles. The van der Waals surface area contributed by atoms with E-state index < -0.39 is 0 Å². The third-order valence-corrected chi connectivity index (χ3v) is 4.20. The lowest BCUT2D eigenvalue weighted by Gasteiger charge is -2.38. The highest BCUT2D eigenvalue weighted by atomic mass is 79.9. The largest absolute Gasteiger partial charge is 0.337 e. The summed E-state index contributed by atoms with van der Waals surface area (Å²) in [5, 5.41) is 2.03. The molecule has 0 unspecified atom stereocenters. The number of carbonyl (C=O) groups excluding carboxylic acids is 1. The maximum Gasteiger partial charge on any atom is 0.272 e. The number of likely N-dealkylation sites (tertiary alicyclic amines) is 1. The number of nitrogens with zero attached hydrogens (tertiary/aromatic N) is 2. The molecule has 1 aromatic carbocycles. The Morgan fingerprint density at radius 1 is 1.28 bits per heavy atom. The van der Waals surface area contributed by atoms with Gasteiger partial charge < -0.3 is 4.90 Å². The quantitative estimate of drug-likeness (QED) is 0.799. The third-order valence-electron chi connectivity index (χ3n) is 3.28. The number of para-hydroxylation sites is 1. The second kappa shape index (κ2) is 4.69. The van der Waals surface area contributed by atoms with Crippen molar-refractivity contribution in [2.45, 2.75) is 0 Å². The van der Waals surface area contributed by atoms with Crippen LogP contribution in [0.25, 0.3) is 10.9 Å². The number of hydrogen-bond donors (Lipinski definition) is 0. The zero-order chi connectivity index (χ0) is 12.5. The fourth-order valence-corrected chi connectivity index (χ4v) is 2.59. The highest BCUT2D eigenvalue weighted by Crippen LogP contribution is 2.20. The van der Waals surface area contributed by atoms with E-state index in [9.17, 15) is 4.79 Å². The number of rotatable bonds is 2. The van der Waals surface area contributed by atoms with Gasteiger partial charge in [-0.2, -0.15) is 0 Å². The molecule has 4 heteroatoms. The van der Waals surface area contributed by atoms with E-state index >= 15 is 0 Å². The van der Waals surface area contributed by atoms with E-state index in [0.29, 0.717) is 11.6 Å². The minimum absolute atomic E-state index is 0.0398. The second-order valence-corrected chi connectivity index (χ2v) is 5.27. The number of halogens is 1. The van der Waals surface area contributed by atoms with Crippen LogP contribution in [0.1, 0.15) is 10.5 Å². The van der Waals surface area contributed by atoms with E-state index in [4.69, 9.17) is 0 Å². The van der Waals surface area contributed by atoms with Crippen molar-refractivity contribution in [1.29, 1.82) is 0 Å². The minimum atomic E-state index is 0.0398. The first-order valence-corrected chi connectivity index (χ1v) is 7.11. The van der Waals surface area contributed by atoms with E-state index in [0.717, 1.165) is 29.3 Å². The maximum absolute atomic E-state index is 12.2. The Bertz CT molecular complexity index is 593. The van der Waals surface area contributed by atoms with Gasteiger partial charge in [0, 0.05) is 29.7 Å². The predicted molar refractivity (Wildman–Crippen MR) is 74.9 cm³/mol. The summed E-state index contributed by atoms with van der Waals surface area (Å²) in [6.45, 7) is 1.66. The summed E-state index contributed by atoms with van der Waals surface area (Å²) in [4.78, 5) is 18.5. The van der Waals surface area contributed by atoms with E-state index in [2.05, 4.69) is 20.9 Å². The fraction of sp³-hybridized carbons (Fsp3) is 0.286. The molecule has 0 radical (unpaired) electrons. The van der Waals surface area contributed by atoms with Crippen LogP contribution < -0.4 is 0 Å².